The van der Waals surface area contributed by atoms with Crippen molar-refractivity contribution in [1.82, 2.24) is 4.90 Å². The number of nitrogens with two attached hydrogens (primary N) is 1. The number of ether oxygens (including phenoxy) is 1. The Morgan fingerprint density at radius 3 is 2.00 bits per heavy atom. The Morgan fingerprint density at radius 1 is 1.17 bits per heavy atom. The van der Waals surface area contributed by atoms with Gasteiger partial charge in [-0.2, -0.15) is 0 Å². The van der Waals surface area contributed by atoms with Gasteiger partial charge in [0.15, 0.2) is 0 Å². The van der Waals surface area contributed by atoms with E-state index in [1.54, 1.807) is 0 Å². The minimum Gasteiger partial charge on any atom is -0.375 e. The fourth-order valence-corrected chi connectivity index (χ4v) is 3.51. The van der Waals surface area contributed by atoms with Gasteiger partial charge in [0.25, 0.3) is 0 Å². The van der Waals surface area contributed by atoms with Crippen LogP contribution in [0.15, 0.2) is 0 Å². The van der Waals surface area contributed by atoms with Gasteiger partial charge < -0.3 is 10.5 Å². The summed E-state index contributed by atoms with van der Waals surface area (Å²) in [5.41, 5.74) is 6.30. The Balaban J connectivity index is 2.94. The molecule has 0 aromatic carbocycles. The molecule has 1 rings (SSSR count). The fraction of sp³-hybridized carbons (Fsp3) is 1.00. The van der Waals surface area contributed by atoms with Gasteiger partial charge in [-0.3, -0.25) is 4.90 Å². The molecule has 0 radical (unpaired) electrons. The molecule has 18 heavy (non-hydrogen) atoms. The molecule has 1 heterocycles. The number of rotatable bonds is 5. The van der Waals surface area contributed by atoms with E-state index in [4.69, 9.17) is 10.5 Å². The molecule has 3 heteroatoms. The SMILES string of the molecule is CC(C)CN(C(C)C)C1(CN)CC(C)OC(C)C1. The zero-order valence-electron chi connectivity index (χ0n) is 13.1. The van der Waals surface area contributed by atoms with Gasteiger partial charge in [0, 0.05) is 24.7 Å². The van der Waals surface area contributed by atoms with Crippen LogP contribution >= 0.6 is 0 Å². The molecule has 2 unspecified atom stereocenters. The maximum absolute atomic E-state index is 6.18. The van der Waals surface area contributed by atoms with Crippen LogP contribution in [0.5, 0.6) is 0 Å². The predicted molar refractivity (Wildman–Crippen MR) is 77.7 cm³/mol. The van der Waals surface area contributed by atoms with Gasteiger partial charge in [-0.15, -0.1) is 0 Å². The lowest BCUT2D eigenvalue weighted by atomic mass is 9.81. The molecule has 1 aliphatic rings. The van der Waals surface area contributed by atoms with E-state index in [2.05, 4.69) is 46.4 Å². The molecular formula is C15H32N2O. The molecule has 3 nitrogen and oxygen atoms in total. The third-order valence-electron chi connectivity index (χ3n) is 3.97. The highest BCUT2D eigenvalue weighted by Crippen LogP contribution is 2.35. The summed E-state index contributed by atoms with van der Waals surface area (Å²) in [5, 5.41) is 0. The molecule has 0 aromatic rings. The Labute approximate surface area is 113 Å². The van der Waals surface area contributed by atoms with Crippen molar-refractivity contribution in [1.29, 1.82) is 0 Å². The van der Waals surface area contributed by atoms with Crippen LogP contribution in [-0.4, -0.2) is 41.8 Å². The van der Waals surface area contributed by atoms with Gasteiger partial charge in [-0.05, 0) is 46.5 Å². The van der Waals surface area contributed by atoms with Crippen LogP contribution in [0.2, 0.25) is 0 Å². The van der Waals surface area contributed by atoms with Crippen molar-refractivity contribution >= 4 is 0 Å². The molecule has 0 saturated carbocycles. The first-order chi connectivity index (χ1) is 8.30. The molecule has 0 aliphatic carbocycles. The molecule has 0 amide bonds. The first-order valence-corrected chi connectivity index (χ1v) is 7.43. The topological polar surface area (TPSA) is 38.5 Å². The molecular weight excluding hydrogens is 224 g/mol. The van der Waals surface area contributed by atoms with E-state index in [0.29, 0.717) is 24.2 Å². The highest BCUT2D eigenvalue weighted by Gasteiger charge is 2.43. The van der Waals surface area contributed by atoms with Crippen molar-refractivity contribution in [3.05, 3.63) is 0 Å². The minimum atomic E-state index is 0.121. The lowest BCUT2D eigenvalue weighted by molar-refractivity contribution is -0.112. The Bertz CT molecular complexity index is 243. The standard InChI is InChI=1S/C15H32N2O/c1-11(2)9-17(12(3)4)15(10-16)7-13(5)18-14(6)8-15/h11-14H,7-10,16H2,1-6H3. The molecule has 1 saturated heterocycles. The van der Waals surface area contributed by atoms with E-state index in [0.717, 1.165) is 25.9 Å². The van der Waals surface area contributed by atoms with E-state index in [1.807, 2.05) is 0 Å². The first kappa shape index (κ1) is 15.9. The number of nitrogens with zero attached hydrogens (tertiary/aromatic N) is 1. The Kier molecular flexibility index (Phi) is 5.63. The zero-order chi connectivity index (χ0) is 13.9. The maximum atomic E-state index is 6.18. The minimum absolute atomic E-state index is 0.121. The van der Waals surface area contributed by atoms with Gasteiger partial charge >= 0.3 is 0 Å². The van der Waals surface area contributed by atoms with Crippen LogP contribution in [-0.2, 0) is 4.74 Å². The highest BCUT2D eigenvalue weighted by molar-refractivity contribution is 4.99. The van der Waals surface area contributed by atoms with Gasteiger partial charge in [0.2, 0.25) is 0 Å². The monoisotopic (exact) mass is 256 g/mol. The zero-order valence-corrected chi connectivity index (χ0v) is 13.1. The summed E-state index contributed by atoms with van der Waals surface area (Å²) in [4.78, 5) is 2.62. The van der Waals surface area contributed by atoms with Crippen molar-refractivity contribution in [2.75, 3.05) is 13.1 Å². The highest BCUT2D eigenvalue weighted by atomic mass is 16.5. The summed E-state index contributed by atoms with van der Waals surface area (Å²) in [7, 11) is 0. The van der Waals surface area contributed by atoms with E-state index in [-0.39, 0.29) is 5.54 Å². The third-order valence-corrected chi connectivity index (χ3v) is 3.97. The second-order valence-electron chi connectivity index (χ2n) is 6.73. The molecule has 2 atom stereocenters. The molecule has 0 bridgehead atoms. The second-order valence-corrected chi connectivity index (χ2v) is 6.73. The van der Waals surface area contributed by atoms with E-state index in [9.17, 15) is 0 Å². The van der Waals surface area contributed by atoms with Gasteiger partial charge in [0.1, 0.15) is 0 Å². The smallest absolute Gasteiger partial charge is 0.0568 e. The number of hydrogen-bond donors (Lipinski definition) is 1. The molecule has 0 spiro atoms. The normalized spacial score (nSPS) is 33.7. The van der Waals surface area contributed by atoms with Gasteiger partial charge in [-0.25, -0.2) is 0 Å². The molecule has 108 valence electrons. The Hall–Kier alpha value is -0.120. The van der Waals surface area contributed by atoms with Crippen LogP contribution < -0.4 is 5.73 Å². The summed E-state index contributed by atoms with van der Waals surface area (Å²) >= 11 is 0. The van der Waals surface area contributed by atoms with Crippen molar-refractivity contribution in [3.63, 3.8) is 0 Å². The average molecular weight is 256 g/mol. The van der Waals surface area contributed by atoms with E-state index in [1.165, 1.54) is 0 Å². The van der Waals surface area contributed by atoms with Crippen LogP contribution in [0.4, 0.5) is 0 Å². The summed E-state index contributed by atoms with van der Waals surface area (Å²) in [5.74, 6) is 0.671. The van der Waals surface area contributed by atoms with Crippen LogP contribution in [0, 0.1) is 5.92 Å². The molecule has 0 aromatic heterocycles. The predicted octanol–water partition coefficient (Wildman–Crippen LogP) is 2.64. The van der Waals surface area contributed by atoms with Crippen LogP contribution in [0.1, 0.15) is 54.4 Å². The molecule has 2 N–H and O–H groups in total. The lowest BCUT2D eigenvalue weighted by Crippen LogP contribution is -2.62. The van der Waals surface area contributed by atoms with Gasteiger partial charge in [0.05, 0.1) is 12.2 Å². The van der Waals surface area contributed by atoms with Crippen molar-refractivity contribution < 1.29 is 4.74 Å². The Morgan fingerprint density at radius 2 is 1.67 bits per heavy atom. The summed E-state index contributed by atoms with van der Waals surface area (Å²) in [6, 6.07) is 0.536. The van der Waals surface area contributed by atoms with Crippen molar-refractivity contribution in [3.8, 4) is 0 Å². The van der Waals surface area contributed by atoms with E-state index < -0.39 is 0 Å². The summed E-state index contributed by atoms with van der Waals surface area (Å²) in [6.07, 6.45) is 2.73. The van der Waals surface area contributed by atoms with Crippen LogP contribution in [0.3, 0.4) is 0 Å². The summed E-state index contributed by atoms with van der Waals surface area (Å²) < 4.78 is 5.90. The van der Waals surface area contributed by atoms with Gasteiger partial charge in [-0.1, -0.05) is 13.8 Å². The fourth-order valence-electron chi connectivity index (χ4n) is 3.51. The average Bonchev–Trinajstić information content (AvgIpc) is 2.23. The molecule has 1 fully saturated rings. The first-order valence-electron chi connectivity index (χ1n) is 7.43. The lowest BCUT2D eigenvalue weighted by Gasteiger charge is -2.51. The largest absolute Gasteiger partial charge is 0.375 e. The number of hydrogen-bond acceptors (Lipinski definition) is 3. The molecule has 1 aliphatic heterocycles. The van der Waals surface area contributed by atoms with Crippen molar-refractivity contribution in [2.45, 2.75) is 78.2 Å². The maximum Gasteiger partial charge on any atom is 0.0568 e. The van der Waals surface area contributed by atoms with Crippen molar-refractivity contribution in [2.24, 2.45) is 11.7 Å². The van der Waals surface area contributed by atoms with E-state index >= 15 is 0 Å². The van der Waals surface area contributed by atoms with Crippen LogP contribution in [0.25, 0.3) is 0 Å². The second kappa shape index (κ2) is 6.36. The summed E-state index contributed by atoms with van der Waals surface area (Å²) in [6.45, 7) is 15.3. The quantitative estimate of drug-likeness (QED) is 0.822. The third kappa shape index (κ3) is 3.69.